The number of carbonyl (C=O) groups is 1. The van der Waals surface area contributed by atoms with Gasteiger partial charge in [0.15, 0.2) is 0 Å². The van der Waals surface area contributed by atoms with Crippen molar-refractivity contribution in [2.24, 2.45) is 0 Å². The van der Waals surface area contributed by atoms with Gasteiger partial charge in [0.1, 0.15) is 0 Å². The monoisotopic (exact) mass is 205 g/mol. The number of terminal acetylenes is 1. The van der Waals surface area contributed by atoms with Crippen LogP contribution in [0.5, 0.6) is 0 Å². The normalized spacial score (nSPS) is 11.8. The molecule has 0 aliphatic carbocycles. The van der Waals surface area contributed by atoms with E-state index in [9.17, 15) is 4.79 Å². The first-order chi connectivity index (χ1) is 7.19. The SMILES string of the molecule is C#CCC(CC)NC(=O)c1cn[nH]c1C. The summed E-state index contributed by atoms with van der Waals surface area (Å²) in [4.78, 5) is 11.7. The largest absolute Gasteiger partial charge is 0.348 e. The van der Waals surface area contributed by atoms with Crippen LogP contribution >= 0.6 is 0 Å². The molecule has 0 saturated heterocycles. The van der Waals surface area contributed by atoms with Gasteiger partial charge in [-0.3, -0.25) is 9.89 Å². The van der Waals surface area contributed by atoms with Crippen LogP contribution in [0.15, 0.2) is 6.20 Å². The van der Waals surface area contributed by atoms with Gasteiger partial charge in [0.2, 0.25) is 0 Å². The summed E-state index contributed by atoms with van der Waals surface area (Å²) in [7, 11) is 0. The average molecular weight is 205 g/mol. The summed E-state index contributed by atoms with van der Waals surface area (Å²) >= 11 is 0. The number of aromatic amines is 1. The highest BCUT2D eigenvalue weighted by Gasteiger charge is 2.14. The maximum Gasteiger partial charge on any atom is 0.254 e. The second-order valence-corrected chi connectivity index (χ2v) is 3.40. The molecule has 15 heavy (non-hydrogen) atoms. The van der Waals surface area contributed by atoms with Crippen molar-refractivity contribution in [3.63, 3.8) is 0 Å². The summed E-state index contributed by atoms with van der Waals surface area (Å²) in [5.41, 5.74) is 1.34. The van der Waals surface area contributed by atoms with Crippen molar-refractivity contribution >= 4 is 5.91 Å². The smallest absolute Gasteiger partial charge is 0.254 e. The lowest BCUT2D eigenvalue weighted by atomic mass is 10.1. The number of hydrogen-bond donors (Lipinski definition) is 2. The highest BCUT2D eigenvalue weighted by Crippen LogP contribution is 2.04. The van der Waals surface area contributed by atoms with Crippen molar-refractivity contribution in [1.29, 1.82) is 0 Å². The molecule has 0 aliphatic rings. The second-order valence-electron chi connectivity index (χ2n) is 3.40. The molecule has 4 heteroatoms. The summed E-state index contributed by atoms with van der Waals surface area (Å²) in [5.74, 6) is 2.42. The van der Waals surface area contributed by atoms with Crippen molar-refractivity contribution in [3.05, 3.63) is 17.5 Å². The van der Waals surface area contributed by atoms with Gasteiger partial charge in [0, 0.05) is 18.2 Å². The zero-order valence-electron chi connectivity index (χ0n) is 9.00. The number of amides is 1. The number of hydrogen-bond acceptors (Lipinski definition) is 2. The van der Waals surface area contributed by atoms with Crippen LogP contribution in [-0.4, -0.2) is 22.1 Å². The Hall–Kier alpha value is -1.76. The zero-order chi connectivity index (χ0) is 11.3. The Balaban J connectivity index is 2.63. The molecule has 2 N–H and O–H groups in total. The van der Waals surface area contributed by atoms with Gasteiger partial charge in [-0.15, -0.1) is 12.3 Å². The Morgan fingerprint density at radius 2 is 2.53 bits per heavy atom. The first kappa shape index (κ1) is 11.3. The average Bonchev–Trinajstić information content (AvgIpc) is 2.63. The third-order valence-corrected chi connectivity index (χ3v) is 2.27. The van der Waals surface area contributed by atoms with Crippen LogP contribution in [0.4, 0.5) is 0 Å². The lowest BCUT2D eigenvalue weighted by Crippen LogP contribution is -2.34. The number of aromatic nitrogens is 2. The Labute approximate surface area is 89.5 Å². The first-order valence-electron chi connectivity index (χ1n) is 4.93. The van der Waals surface area contributed by atoms with Gasteiger partial charge in [0.25, 0.3) is 5.91 Å². The van der Waals surface area contributed by atoms with Gasteiger partial charge >= 0.3 is 0 Å². The topological polar surface area (TPSA) is 57.8 Å². The molecule has 1 aromatic rings. The Morgan fingerprint density at radius 3 is 3.00 bits per heavy atom. The minimum Gasteiger partial charge on any atom is -0.348 e. The lowest BCUT2D eigenvalue weighted by molar-refractivity contribution is 0.0936. The fourth-order valence-corrected chi connectivity index (χ4v) is 1.28. The van der Waals surface area contributed by atoms with E-state index in [4.69, 9.17) is 6.42 Å². The molecule has 0 aliphatic heterocycles. The van der Waals surface area contributed by atoms with Crippen molar-refractivity contribution in [3.8, 4) is 12.3 Å². The maximum atomic E-state index is 11.7. The maximum absolute atomic E-state index is 11.7. The number of carbonyl (C=O) groups excluding carboxylic acids is 1. The standard InChI is InChI=1S/C11H15N3O/c1-4-6-9(5-2)13-11(15)10-7-12-14-8(10)3/h1,7,9H,5-6H2,2-3H3,(H,12,14)(H,13,15). The van der Waals surface area contributed by atoms with Crippen LogP contribution in [0.1, 0.15) is 35.8 Å². The summed E-state index contributed by atoms with van der Waals surface area (Å²) in [5, 5.41) is 9.39. The number of nitrogens with one attached hydrogen (secondary N) is 2. The molecule has 0 bridgehead atoms. The van der Waals surface area contributed by atoms with E-state index in [0.29, 0.717) is 12.0 Å². The molecule has 1 rings (SSSR count). The number of aryl methyl sites for hydroxylation is 1. The minimum absolute atomic E-state index is 0.0387. The van der Waals surface area contributed by atoms with E-state index < -0.39 is 0 Å². The molecule has 1 atom stereocenters. The molecule has 0 spiro atoms. The van der Waals surface area contributed by atoms with Gasteiger partial charge in [0.05, 0.1) is 11.8 Å². The van der Waals surface area contributed by atoms with Gasteiger partial charge in [-0.05, 0) is 13.3 Å². The number of H-pyrrole nitrogens is 1. The highest BCUT2D eigenvalue weighted by molar-refractivity contribution is 5.95. The van der Waals surface area contributed by atoms with Crippen LogP contribution in [-0.2, 0) is 0 Å². The van der Waals surface area contributed by atoms with Crippen LogP contribution in [0.2, 0.25) is 0 Å². The molecule has 0 aromatic carbocycles. The van der Waals surface area contributed by atoms with E-state index in [-0.39, 0.29) is 11.9 Å². The van der Waals surface area contributed by atoms with E-state index >= 15 is 0 Å². The van der Waals surface area contributed by atoms with E-state index in [2.05, 4.69) is 21.4 Å². The van der Waals surface area contributed by atoms with Crippen LogP contribution in [0, 0.1) is 19.3 Å². The molecule has 4 nitrogen and oxygen atoms in total. The van der Waals surface area contributed by atoms with Crippen molar-refractivity contribution in [2.75, 3.05) is 0 Å². The summed E-state index contributed by atoms with van der Waals surface area (Å²) in [6, 6.07) is 0.0387. The van der Waals surface area contributed by atoms with Crippen molar-refractivity contribution in [1.82, 2.24) is 15.5 Å². The van der Waals surface area contributed by atoms with E-state index in [1.807, 2.05) is 13.8 Å². The highest BCUT2D eigenvalue weighted by atomic mass is 16.1. The molecular formula is C11H15N3O. The van der Waals surface area contributed by atoms with E-state index in [0.717, 1.165) is 12.1 Å². The third kappa shape index (κ3) is 2.84. The lowest BCUT2D eigenvalue weighted by Gasteiger charge is -2.13. The van der Waals surface area contributed by atoms with Gasteiger partial charge in [-0.2, -0.15) is 5.10 Å². The van der Waals surface area contributed by atoms with Crippen molar-refractivity contribution < 1.29 is 4.79 Å². The van der Waals surface area contributed by atoms with Gasteiger partial charge in [-0.25, -0.2) is 0 Å². The summed E-state index contributed by atoms with van der Waals surface area (Å²) in [6.07, 6.45) is 8.11. The quantitative estimate of drug-likeness (QED) is 0.727. The van der Waals surface area contributed by atoms with E-state index in [1.54, 1.807) is 0 Å². The number of rotatable bonds is 4. The van der Waals surface area contributed by atoms with Crippen LogP contribution < -0.4 is 5.32 Å². The predicted molar refractivity (Wildman–Crippen MR) is 58.3 cm³/mol. The Bertz CT molecular complexity index is 375. The summed E-state index contributed by atoms with van der Waals surface area (Å²) in [6.45, 7) is 3.80. The van der Waals surface area contributed by atoms with Gasteiger partial charge < -0.3 is 5.32 Å². The second kappa shape index (κ2) is 5.20. The first-order valence-corrected chi connectivity index (χ1v) is 4.93. The molecule has 1 amide bonds. The fourth-order valence-electron chi connectivity index (χ4n) is 1.28. The molecular weight excluding hydrogens is 190 g/mol. The van der Waals surface area contributed by atoms with Crippen LogP contribution in [0.25, 0.3) is 0 Å². The fraction of sp³-hybridized carbons (Fsp3) is 0.455. The van der Waals surface area contributed by atoms with Crippen LogP contribution in [0.3, 0.4) is 0 Å². The zero-order valence-corrected chi connectivity index (χ0v) is 9.00. The molecule has 0 radical (unpaired) electrons. The third-order valence-electron chi connectivity index (χ3n) is 2.27. The van der Waals surface area contributed by atoms with Gasteiger partial charge in [-0.1, -0.05) is 6.92 Å². The molecule has 1 unspecified atom stereocenters. The summed E-state index contributed by atoms with van der Waals surface area (Å²) < 4.78 is 0. The Kier molecular flexibility index (Phi) is 3.92. The number of nitrogens with zero attached hydrogens (tertiary/aromatic N) is 1. The molecule has 1 aromatic heterocycles. The Morgan fingerprint density at radius 1 is 1.80 bits per heavy atom. The van der Waals surface area contributed by atoms with Crippen molar-refractivity contribution in [2.45, 2.75) is 32.7 Å². The molecule has 0 fully saturated rings. The van der Waals surface area contributed by atoms with E-state index in [1.165, 1.54) is 6.20 Å². The minimum atomic E-state index is -0.122. The molecule has 80 valence electrons. The molecule has 0 saturated carbocycles. The predicted octanol–water partition coefficient (Wildman–Crippen LogP) is 1.25. The molecule has 1 heterocycles.